The molecule has 0 aliphatic heterocycles. The Kier molecular flexibility index (Phi) is 3.92. The van der Waals surface area contributed by atoms with E-state index >= 15 is 0 Å². The third-order valence-corrected chi connectivity index (χ3v) is 1.68. The van der Waals surface area contributed by atoms with Gasteiger partial charge < -0.3 is 10.1 Å². The summed E-state index contributed by atoms with van der Waals surface area (Å²) in [7, 11) is 1.32. The van der Waals surface area contributed by atoms with E-state index in [9.17, 15) is 18.9 Å². The van der Waals surface area contributed by atoms with Crippen molar-refractivity contribution < 1.29 is 18.4 Å². The number of alkyl halides is 2. The van der Waals surface area contributed by atoms with Gasteiger partial charge in [-0.2, -0.15) is 4.98 Å². The molecule has 0 aliphatic carbocycles. The fourth-order valence-corrected chi connectivity index (χ4v) is 0.999. The number of aromatic nitrogens is 1. The van der Waals surface area contributed by atoms with Crippen molar-refractivity contribution in [1.82, 2.24) is 4.98 Å². The van der Waals surface area contributed by atoms with Crippen LogP contribution in [0.2, 0.25) is 0 Å². The second-order valence-corrected chi connectivity index (χ2v) is 2.75. The van der Waals surface area contributed by atoms with Crippen LogP contribution in [0.4, 0.5) is 20.3 Å². The zero-order chi connectivity index (χ0) is 12.1. The molecule has 0 spiro atoms. The molecule has 0 bridgehead atoms. The van der Waals surface area contributed by atoms with Gasteiger partial charge in [-0.05, 0) is 0 Å². The lowest BCUT2D eigenvalue weighted by atomic mass is 10.4. The van der Waals surface area contributed by atoms with Crippen LogP contribution in [-0.4, -0.2) is 30.0 Å². The first kappa shape index (κ1) is 12.1. The highest BCUT2D eigenvalue weighted by Crippen LogP contribution is 2.24. The van der Waals surface area contributed by atoms with Gasteiger partial charge in [-0.25, -0.2) is 8.78 Å². The molecule has 0 saturated carbocycles. The van der Waals surface area contributed by atoms with E-state index in [1.54, 1.807) is 0 Å². The quantitative estimate of drug-likeness (QED) is 0.618. The normalized spacial score (nSPS) is 10.2. The summed E-state index contributed by atoms with van der Waals surface area (Å²) in [6, 6.07) is 2.42. The minimum Gasteiger partial charge on any atom is -0.481 e. The van der Waals surface area contributed by atoms with Crippen LogP contribution in [-0.2, 0) is 0 Å². The SMILES string of the molecule is COc1ccc([N+](=O)[O-])c(NCC(F)F)n1. The molecule has 0 unspecified atom stereocenters. The fourth-order valence-electron chi connectivity index (χ4n) is 0.999. The lowest BCUT2D eigenvalue weighted by molar-refractivity contribution is -0.384. The molecule has 1 aromatic rings. The lowest BCUT2D eigenvalue weighted by Crippen LogP contribution is -2.13. The maximum Gasteiger partial charge on any atom is 0.311 e. The second kappa shape index (κ2) is 5.19. The molecule has 1 heterocycles. The lowest BCUT2D eigenvalue weighted by Gasteiger charge is -2.06. The summed E-state index contributed by atoms with van der Waals surface area (Å²) in [5, 5.41) is 12.7. The average Bonchev–Trinajstić information content (AvgIpc) is 2.25. The maximum absolute atomic E-state index is 11.9. The molecule has 0 atom stereocenters. The second-order valence-electron chi connectivity index (χ2n) is 2.75. The van der Waals surface area contributed by atoms with Gasteiger partial charge in [-0.3, -0.25) is 10.1 Å². The van der Waals surface area contributed by atoms with Crippen LogP contribution in [0.25, 0.3) is 0 Å². The summed E-state index contributed by atoms with van der Waals surface area (Å²) in [4.78, 5) is 13.5. The molecule has 1 N–H and O–H groups in total. The summed E-state index contributed by atoms with van der Waals surface area (Å²) in [6.45, 7) is -0.707. The Hall–Kier alpha value is -1.99. The van der Waals surface area contributed by atoms with Crippen molar-refractivity contribution in [1.29, 1.82) is 0 Å². The Morgan fingerprint density at radius 3 is 2.81 bits per heavy atom. The number of anilines is 1. The summed E-state index contributed by atoms with van der Waals surface area (Å²) in [5.74, 6) is -0.119. The van der Waals surface area contributed by atoms with E-state index in [1.807, 2.05) is 0 Å². The Balaban J connectivity index is 2.96. The predicted octanol–water partition coefficient (Wildman–Crippen LogP) is 1.68. The molecule has 6 nitrogen and oxygen atoms in total. The van der Waals surface area contributed by atoms with Crippen molar-refractivity contribution in [3.05, 3.63) is 22.2 Å². The third kappa shape index (κ3) is 3.01. The van der Waals surface area contributed by atoms with Crippen molar-refractivity contribution in [2.75, 3.05) is 19.0 Å². The number of ether oxygens (including phenoxy) is 1. The molecule has 0 radical (unpaired) electrons. The first-order chi connectivity index (χ1) is 7.54. The summed E-state index contributed by atoms with van der Waals surface area (Å²) in [5.41, 5.74) is -0.374. The number of halogens is 2. The Bertz CT molecular complexity index is 387. The Morgan fingerprint density at radius 2 is 2.31 bits per heavy atom. The van der Waals surface area contributed by atoms with Gasteiger partial charge in [0.15, 0.2) is 0 Å². The third-order valence-electron chi connectivity index (χ3n) is 1.68. The minimum atomic E-state index is -2.62. The molecule has 88 valence electrons. The zero-order valence-corrected chi connectivity index (χ0v) is 8.31. The average molecular weight is 233 g/mol. The highest BCUT2D eigenvalue weighted by atomic mass is 19.3. The molecule has 1 aromatic heterocycles. The van der Waals surface area contributed by atoms with Crippen LogP contribution in [0.3, 0.4) is 0 Å². The molecule has 16 heavy (non-hydrogen) atoms. The number of nitrogens with one attached hydrogen (secondary N) is 1. The van der Waals surface area contributed by atoms with Crippen LogP contribution in [0.5, 0.6) is 5.88 Å². The van der Waals surface area contributed by atoms with Crippen LogP contribution >= 0.6 is 0 Å². The van der Waals surface area contributed by atoms with Gasteiger partial charge in [-0.1, -0.05) is 0 Å². The van der Waals surface area contributed by atoms with Crippen LogP contribution in [0, 0.1) is 10.1 Å². The van der Waals surface area contributed by atoms with E-state index in [-0.39, 0.29) is 17.4 Å². The largest absolute Gasteiger partial charge is 0.481 e. The van der Waals surface area contributed by atoms with Gasteiger partial charge in [0.2, 0.25) is 11.7 Å². The molecular weight excluding hydrogens is 224 g/mol. The molecule has 8 heteroatoms. The zero-order valence-electron chi connectivity index (χ0n) is 8.31. The first-order valence-corrected chi connectivity index (χ1v) is 4.26. The van der Waals surface area contributed by atoms with E-state index in [0.29, 0.717) is 0 Å². The summed E-state index contributed by atoms with van der Waals surface area (Å²) < 4.78 is 28.6. The summed E-state index contributed by atoms with van der Waals surface area (Å²) >= 11 is 0. The van der Waals surface area contributed by atoms with Gasteiger partial charge in [-0.15, -0.1) is 0 Å². The number of nitro groups is 1. The highest BCUT2D eigenvalue weighted by Gasteiger charge is 2.17. The van der Waals surface area contributed by atoms with Crippen LogP contribution in [0.1, 0.15) is 0 Å². The van der Waals surface area contributed by atoms with E-state index in [1.165, 1.54) is 13.2 Å². The molecule has 0 aliphatic rings. The molecule has 1 rings (SSSR count). The molecule has 0 amide bonds. The van der Waals surface area contributed by atoms with E-state index in [0.717, 1.165) is 6.07 Å². The molecule has 0 saturated heterocycles. The number of hydrogen-bond donors (Lipinski definition) is 1. The standard InChI is InChI=1S/C8H9F2N3O3/c1-16-7-3-2-5(13(14)15)8(12-7)11-4-6(9)10/h2-3,6H,4H2,1H3,(H,11,12). The van der Waals surface area contributed by atoms with E-state index < -0.39 is 17.9 Å². The van der Waals surface area contributed by atoms with Crippen molar-refractivity contribution in [3.63, 3.8) is 0 Å². The minimum absolute atomic E-state index is 0.113. The molecule has 0 aromatic carbocycles. The van der Waals surface area contributed by atoms with Crippen molar-refractivity contribution >= 4 is 11.5 Å². The monoisotopic (exact) mass is 233 g/mol. The van der Waals surface area contributed by atoms with Gasteiger partial charge in [0, 0.05) is 12.1 Å². The Morgan fingerprint density at radius 1 is 1.62 bits per heavy atom. The van der Waals surface area contributed by atoms with Gasteiger partial charge in [0.1, 0.15) is 0 Å². The van der Waals surface area contributed by atoms with E-state index in [2.05, 4.69) is 10.3 Å². The fraction of sp³-hybridized carbons (Fsp3) is 0.375. The summed E-state index contributed by atoms with van der Waals surface area (Å²) in [6.07, 6.45) is -2.62. The van der Waals surface area contributed by atoms with E-state index in [4.69, 9.17) is 4.74 Å². The van der Waals surface area contributed by atoms with Crippen LogP contribution in [0.15, 0.2) is 12.1 Å². The van der Waals surface area contributed by atoms with Crippen molar-refractivity contribution in [2.24, 2.45) is 0 Å². The number of pyridine rings is 1. The topological polar surface area (TPSA) is 77.3 Å². The predicted molar refractivity (Wildman–Crippen MR) is 51.9 cm³/mol. The van der Waals surface area contributed by atoms with Crippen molar-refractivity contribution in [3.8, 4) is 5.88 Å². The first-order valence-electron chi connectivity index (χ1n) is 4.26. The maximum atomic E-state index is 11.9. The number of rotatable bonds is 5. The number of methoxy groups -OCH3 is 1. The molecule has 0 fully saturated rings. The van der Waals surface area contributed by atoms with Gasteiger partial charge in [0.05, 0.1) is 18.6 Å². The van der Waals surface area contributed by atoms with Gasteiger partial charge in [0.25, 0.3) is 6.43 Å². The Labute approximate surface area is 89.4 Å². The van der Waals surface area contributed by atoms with Gasteiger partial charge >= 0.3 is 5.69 Å². The highest BCUT2D eigenvalue weighted by molar-refractivity contribution is 5.57. The number of nitrogens with zero attached hydrogens (tertiary/aromatic N) is 2. The molecular formula is C8H9F2N3O3. The van der Waals surface area contributed by atoms with Crippen molar-refractivity contribution in [2.45, 2.75) is 6.43 Å². The van der Waals surface area contributed by atoms with Crippen LogP contribution < -0.4 is 10.1 Å². The number of hydrogen-bond acceptors (Lipinski definition) is 5. The smallest absolute Gasteiger partial charge is 0.311 e.